The first-order chi connectivity index (χ1) is 16.5. The van der Waals surface area contributed by atoms with Crippen LogP contribution in [0.25, 0.3) is 0 Å². The van der Waals surface area contributed by atoms with Crippen LogP contribution in [0.5, 0.6) is 0 Å². The number of aromatic nitrogens is 1. The molecule has 1 N–H and O–H groups in total. The van der Waals surface area contributed by atoms with Crippen LogP contribution in [0.1, 0.15) is 118 Å². The van der Waals surface area contributed by atoms with Gasteiger partial charge < -0.3 is 9.63 Å². The van der Waals surface area contributed by atoms with Gasteiger partial charge in [0.1, 0.15) is 17.4 Å². The molecule has 0 bridgehead atoms. The van der Waals surface area contributed by atoms with Crippen molar-refractivity contribution in [1.82, 2.24) is 5.16 Å². The second-order valence-electron chi connectivity index (χ2n) is 12.1. The highest BCUT2D eigenvalue weighted by Crippen LogP contribution is 2.53. The number of carboxylic acid groups (broad SMARTS) is 1. The molecule has 1 aromatic carbocycles. The molecule has 1 heterocycles. The second-order valence-corrected chi connectivity index (χ2v) is 12.1. The van der Waals surface area contributed by atoms with Crippen molar-refractivity contribution in [1.29, 1.82) is 0 Å². The van der Waals surface area contributed by atoms with E-state index in [4.69, 9.17) is 4.52 Å². The standard InChI is InChI=1S/C29H38FNO4/c1-17-5-6-20(24(30)11-17)14-23(32)15-21(9-10-25(33)34)27-26(19-7-8-19)28(35-31-27)22-12-18(13-22)16-29(2,3)4/h5-6,11,18-19,21-22H,7-10,12-16H2,1-4H3,(H,33,34). The Balaban J connectivity index is 1.51. The average molecular weight is 484 g/mol. The number of hydrogen-bond acceptors (Lipinski definition) is 4. The van der Waals surface area contributed by atoms with Crippen molar-refractivity contribution >= 4 is 11.8 Å². The van der Waals surface area contributed by atoms with Crippen molar-refractivity contribution in [2.45, 2.75) is 103 Å². The summed E-state index contributed by atoms with van der Waals surface area (Å²) in [4.78, 5) is 24.3. The number of nitrogens with zero attached hydrogens (tertiary/aromatic N) is 1. The Hall–Kier alpha value is -2.50. The molecule has 1 aromatic heterocycles. The summed E-state index contributed by atoms with van der Waals surface area (Å²) in [5.41, 5.74) is 3.39. The molecule has 2 fully saturated rings. The SMILES string of the molecule is Cc1ccc(CC(=O)CC(CCC(=O)O)c2noc(C3CC(CC(C)(C)C)C3)c2C2CC2)c(F)c1. The molecular formula is C29H38FNO4. The van der Waals surface area contributed by atoms with Gasteiger partial charge in [0, 0.05) is 36.7 Å². The fraction of sp³-hybridized carbons (Fsp3) is 0.621. The molecule has 2 aromatic rings. The highest BCUT2D eigenvalue weighted by atomic mass is 19.1. The van der Waals surface area contributed by atoms with Crippen LogP contribution in [0.2, 0.25) is 0 Å². The fourth-order valence-electron chi connectivity index (χ4n) is 5.66. The summed E-state index contributed by atoms with van der Waals surface area (Å²) in [6.45, 7) is 8.63. The van der Waals surface area contributed by atoms with Gasteiger partial charge in [0.15, 0.2) is 0 Å². The van der Waals surface area contributed by atoms with E-state index in [0.29, 0.717) is 35.2 Å². The number of carbonyl (C=O) groups is 2. The Morgan fingerprint density at radius 1 is 1.20 bits per heavy atom. The van der Waals surface area contributed by atoms with Gasteiger partial charge in [-0.15, -0.1) is 0 Å². The molecule has 0 saturated heterocycles. The van der Waals surface area contributed by atoms with E-state index in [9.17, 15) is 19.1 Å². The summed E-state index contributed by atoms with van der Waals surface area (Å²) in [5.74, 6) is 0.695. The fourth-order valence-corrected chi connectivity index (χ4v) is 5.66. The van der Waals surface area contributed by atoms with Crippen molar-refractivity contribution in [3.05, 3.63) is 52.2 Å². The number of halogens is 1. The molecule has 4 rings (SSSR count). The number of carboxylic acids is 1. The zero-order chi connectivity index (χ0) is 25.3. The molecule has 1 unspecified atom stereocenters. The van der Waals surface area contributed by atoms with E-state index in [-0.39, 0.29) is 36.8 Å². The summed E-state index contributed by atoms with van der Waals surface area (Å²) in [6.07, 6.45) is 5.95. The minimum absolute atomic E-state index is 0.00371. The topological polar surface area (TPSA) is 80.4 Å². The van der Waals surface area contributed by atoms with E-state index >= 15 is 0 Å². The third-order valence-electron chi connectivity index (χ3n) is 7.44. The lowest BCUT2D eigenvalue weighted by molar-refractivity contribution is -0.137. The average Bonchev–Trinajstić information content (AvgIpc) is 3.47. The van der Waals surface area contributed by atoms with E-state index in [1.807, 2.05) is 6.92 Å². The van der Waals surface area contributed by atoms with Gasteiger partial charge in [-0.25, -0.2) is 4.39 Å². The largest absolute Gasteiger partial charge is 0.481 e. The van der Waals surface area contributed by atoms with Gasteiger partial charge in [-0.3, -0.25) is 9.59 Å². The van der Waals surface area contributed by atoms with Crippen molar-refractivity contribution in [2.24, 2.45) is 11.3 Å². The van der Waals surface area contributed by atoms with Crippen molar-refractivity contribution in [3.8, 4) is 0 Å². The maximum absolute atomic E-state index is 14.3. The Bertz CT molecular complexity index is 1070. The number of Topliss-reactive ketones (excluding diaryl/α,β-unsaturated/α-hetero) is 1. The molecule has 2 aliphatic carbocycles. The summed E-state index contributed by atoms with van der Waals surface area (Å²) in [6, 6.07) is 4.89. The van der Waals surface area contributed by atoms with Gasteiger partial charge in [-0.1, -0.05) is 38.1 Å². The number of hydrogen-bond donors (Lipinski definition) is 1. The molecule has 1 atom stereocenters. The third kappa shape index (κ3) is 6.59. The summed E-state index contributed by atoms with van der Waals surface area (Å²) in [5, 5.41) is 13.8. The van der Waals surface area contributed by atoms with E-state index in [2.05, 4.69) is 25.9 Å². The van der Waals surface area contributed by atoms with Crippen LogP contribution in [0.3, 0.4) is 0 Å². The van der Waals surface area contributed by atoms with Gasteiger partial charge in [0.05, 0.1) is 5.69 Å². The second kappa shape index (κ2) is 10.2. The third-order valence-corrected chi connectivity index (χ3v) is 7.44. The summed E-state index contributed by atoms with van der Waals surface area (Å²) in [7, 11) is 0. The van der Waals surface area contributed by atoms with Crippen LogP contribution in [-0.4, -0.2) is 22.0 Å². The highest BCUT2D eigenvalue weighted by molar-refractivity contribution is 5.82. The minimum Gasteiger partial charge on any atom is -0.481 e. The molecule has 6 heteroatoms. The van der Waals surface area contributed by atoms with Crippen LogP contribution in [0.15, 0.2) is 22.7 Å². The van der Waals surface area contributed by atoms with Crippen LogP contribution < -0.4 is 0 Å². The van der Waals surface area contributed by atoms with Crippen LogP contribution in [0, 0.1) is 24.1 Å². The zero-order valence-corrected chi connectivity index (χ0v) is 21.4. The zero-order valence-electron chi connectivity index (χ0n) is 21.4. The Morgan fingerprint density at radius 3 is 2.51 bits per heavy atom. The van der Waals surface area contributed by atoms with Crippen LogP contribution in [0.4, 0.5) is 4.39 Å². The summed E-state index contributed by atoms with van der Waals surface area (Å²) < 4.78 is 20.2. The van der Waals surface area contributed by atoms with Crippen molar-refractivity contribution in [2.75, 3.05) is 0 Å². The quantitative estimate of drug-likeness (QED) is 0.369. The van der Waals surface area contributed by atoms with Crippen LogP contribution in [-0.2, 0) is 16.0 Å². The Morgan fingerprint density at radius 2 is 1.91 bits per heavy atom. The lowest BCUT2D eigenvalue weighted by atomic mass is 9.66. The Labute approximate surface area is 207 Å². The van der Waals surface area contributed by atoms with E-state index < -0.39 is 5.97 Å². The van der Waals surface area contributed by atoms with E-state index in [1.54, 1.807) is 12.1 Å². The lowest BCUT2D eigenvalue weighted by Crippen LogP contribution is -2.26. The predicted molar refractivity (Wildman–Crippen MR) is 132 cm³/mol. The molecule has 2 aliphatic rings. The number of aryl methyl sites for hydroxylation is 1. The molecule has 190 valence electrons. The number of aliphatic carboxylic acids is 1. The van der Waals surface area contributed by atoms with Gasteiger partial charge in [0.25, 0.3) is 0 Å². The van der Waals surface area contributed by atoms with Crippen LogP contribution >= 0.6 is 0 Å². The summed E-state index contributed by atoms with van der Waals surface area (Å²) >= 11 is 0. The van der Waals surface area contributed by atoms with Crippen molar-refractivity contribution < 1.29 is 23.6 Å². The molecule has 0 amide bonds. The molecule has 2 saturated carbocycles. The molecular weight excluding hydrogens is 445 g/mol. The van der Waals surface area contributed by atoms with Gasteiger partial charge in [-0.2, -0.15) is 0 Å². The molecule has 0 spiro atoms. The van der Waals surface area contributed by atoms with E-state index in [0.717, 1.165) is 48.3 Å². The van der Waals surface area contributed by atoms with Crippen molar-refractivity contribution in [3.63, 3.8) is 0 Å². The lowest BCUT2D eigenvalue weighted by Gasteiger charge is -2.38. The van der Waals surface area contributed by atoms with Gasteiger partial charge in [0.2, 0.25) is 0 Å². The molecule has 35 heavy (non-hydrogen) atoms. The number of rotatable bonds is 11. The molecule has 0 aliphatic heterocycles. The first-order valence-corrected chi connectivity index (χ1v) is 13.0. The van der Waals surface area contributed by atoms with Gasteiger partial charge >= 0.3 is 5.97 Å². The normalized spacial score (nSPS) is 20.9. The number of carbonyl (C=O) groups excluding carboxylic acids is 1. The predicted octanol–water partition coefficient (Wildman–Crippen LogP) is 7.08. The minimum atomic E-state index is -0.896. The smallest absolute Gasteiger partial charge is 0.303 e. The Kier molecular flexibility index (Phi) is 7.48. The van der Waals surface area contributed by atoms with E-state index in [1.165, 1.54) is 12.5 Å². The molecule has 0 radical (unpaired) electrons. The first-order valence-electron chi connectivity index (χ1n) is 13.0. The van der Waals surface area contributed by atoms with Gasteiger partial charge in [-0.05, 0) is 79.9 Å². The maximum atomic E-state index is 14.3. The number of ketones is 1. The molecule has 5 nitrogen and oxygen atoms in total. The number of benzene rings is 1. The monoisotopic (exact) mass is 483 g/mol. The maximum Gasteiger partial charge on any atom is 0.303 e. The highest BCUT2D eigenvalue weighted by Gasteiger charge is 2.42. The first kappa shape index (κ1) is 25.6.